The molecular weight excluding hydrogens is 515 g/mol. The number of carbonyl (C=O) groups is 2. The average molecular weight is 536 g/mol. The summed E-state index contributed by atoms with van der Waals surface area (Å²) >= 11 is 6.35. The van der Waals surface area contributed by atoms with Crippen LogP contribution in [0.15, 0.2) is 36.5 Å². The van der Waals surface area contributed by atoms with Crippen molar-refractivity contribution in [3.63, 3.8) is 0 Å². The fourth-order valence-corrected chi connectivity index (χ4v) is 3.85. The van der Waals surface area contributed by atoms with Crippen molar-refractivity contribution in [1.82, 2.24) is 29.3 Å². The second kappa shape index (κ2) is 9.73. The van der Waals surface area contributed by atoms with Gasteiger partial charge in [-0.15, -0.1) is 0 Å². The van der Waals surface area contributed by atoms with E-state index in [9.17, 15) is 22.8 Å². The van der Waals surface area contributed by atoms with E-state index in [0.29, 0.717) is 22.4 Å². The lowest BCUT2D eigenvalue weighted by molar-refractivity contribution is -0.142. The highest BCUT2D eigenvalue weighted by Crippen LogP contribution is 2.35. The molecule has 0 unspecified atom stereocenters. The summed E-state index contributed by atoms with van der Waals surface area (Å²) in [6.07, 6.45) is -3.58. The molecule has 4 aromatic rings. The maximum Gasteiger partial charge on any atom is 0.433 e. The van der Waals surface area contributed by atoms with Gasteiger partial charge in [0.2, 0.25) is 0 Å². The lowest BCUT2D eigenvalue weighted by Crippen LogP contribution is -2.26. The molecule has 194 valence electrons. The number of anilines is 1. The van der Waals surface area contributed by atoms with E-state index >= 15 is 0 Å². The Morgan fingerprint density at radius 1 is 1.22 bits per heavy atom. The molecule has 1 N–H and O–H groups in total. The van der Waals surface area contributed by atoms with E-state index < -0.39 is 34.4 Å². The number of benzene rings is 1. The predicted molar refractivity (Wildman–Crippen MR) is 129 cm³/mol. The number of alkyl halides is 3. The van der Waals surface area contributed by atoms with Gasteiger partial charge in [-0.3, -0.25) is 14.3 Å². The topological polar surface area (TPSA) is 107 Å². The van der Waals surface area contributed by atoms with Crippen molar-refractivity contribution >= 4 is 34.7 Å². The number of hydrogen-bond donors (Lipinski definition) is 1. The summed E-state index contributed by atoms with van der Waals surface area (Å²) in [5.74, 6) is -0.946. The maximum absolute atomic E-state index is 14.0. The van der Waals surface area contributed by atoms with E-state index in [-0.39, 0.29) is 22.7 Å². The first kappa shape index (κ1) is 25.9. The fourth-order valence-electron chi connectivity index (χ4n) is 3.60. The highest BCUT2D eigenvalue weighted by molar-refractivity contribution is 6.37. The van der Waals surface area contributed by atoms with Gasteiger partial charge in [0.1, 0.15) is 16.5 Å². The Kier molecular flexibility index (Phi) is 6.82. The van der Waals surface area contributed by atoms with E-state index in [4.69, 9.17) is 16.3 Å². The molecule has 37 heavy (non-hydrogen) atoms. The monoisotopic (exact) mass is 535 g/mol. The number of carbonyl (C=O) groups excluding carboxylic acids is 2. The van der Waals surface area contributed by atoms with Gasteiger partial charge in [0.25, 0.3) is 11.8 Å². The van der Waals surface area contributed by atoms with Crippen LogP contribution in [0.3, 0.4) is 0 Å². The molecule has 0 aliphatic rings. The van der Waals surface area contributed by atoms with Gasteiger partial charge in [-0.1, -0.05) is 23.7 Å². The first-order valence-corrected chi connectivity index (χ1v) is 11.2. The number of nitrogens with one attached hydrogen (secondary N) is 1. The highest BCUT2D eigenvalue weighted by Gasteiger charge is 2.37. The number of rotatable bonds is 6. The summed E-state index contributed by atoms with van der Waals surface area (Å²) in [6.45, 7) is 2.10. The van der Waals surface area contributed by atoms with Crippen molar-refractivity contribution in [3.8, 4) is 17.0 Å². The Hall–Kier alpha value is -4.13. The largest absolute Gasteiger partial charge is 0.497 e. The minimum Gasteiger partial charge on any atom is -0.497 e. The van der Waals surface area contributed by atoms with Gasteiger partial charge < -0.3 is 15.0 Å². The van der Waals surface area contributed by atoms with Gasteiger partial charge >= 0.3 is 6.18 Å². The number of halogens is 4. The molecule has 0 aliphatic heterocycles. The summed E-state index contributed by atoms with van der Waals surface area (Å²) in [4.78, 5) is 31.3. The average Bonchev–Trinajstić information content (AvgIpc) is 3.42. The Morgan fingerprint density at radius 3 is 2.57 bits per heavy atom. The molecular formula is C23H21ClF3N7O3. The van der Waals surface area contributed by atoms with Gasteiger partial charge in [-0.05, 0) is 25.1 Å². The van der Waals surface area contributed by atoms with Crippen molar-refractivity contribution in [1.29, 1.82) is 0 Å². The molecule has 0 aliphatic carbocycles. The number of hydrogen-bond acceptors (Lipinski definition) is 6. The normalized spacial score (nSPS) is 11.6. The van der Waals surface area contributed by atoms with E-state index in [1.54, 1.807) is 25.1 Å². The number of methoxy groups -OCH3 is 1. The number of aryl methyl sites for hydroxylation is 1. The molecule has 0 saturated heterocycles. The fraction of sp³-hybridized carbons (Fsp3) is 0.261. The predicted octanol–water partition coefficient (Wildman–Crippen LogP) is 4.25. The molecule has 0 atom stereocenters. The lowest BCUT2D eigenvalue weighted by atomic mass is 10.1. The van der Waals surface area contributed by atoms with Gasteiger partial charge in [-0.2, -0.15) is 23.4 Å². The minimum absolute atomic E-state index is 0.0458. The van der Waals surface area contributed by atoms with Crippen LogP contribution >= 0.6 is 11.6 Å². The van der Waals surface area contributed by atoms with E-state index in [1.807, 2.05) is 0 Å². The van der Waals surface area contributed by atoms with E-state index in [1.165, 1.54) is 43.1 Å². The van der Waals surface area contributed by atoms with Crippen LogP contribution in [-0.4, -0.2) is 62.3 Å². The SMILES string of the molecule is CCn1ncc(NC(=O)c2nn3c(C(F)(F)F)cc(-c4cccc(OC)c4)nc3c2Cl)c1C(=O)N(C)C. The molecule has 0 bridgehead atoms. The molecule has 0 spiro atoms. The molecule has 0 fully saturated rings. The summed E-state index contributed by atoms with van der Waals surface area (Å²) in [5.41, 5.74) is -1.61. The first-order chi connectivity index (χ1) is 17.5. The first-order valence-electron chi connectivity index (χ1n) is 10.9. The van der Waals surface area contributed by atoms with Crippen molar-refractivity contribution in [2.24, 2.45) is 0 Å². The summed E-state index contributed by atoms with van der Waals surface area (Å²) < 4.78 is 49.0. The van der Waals surface area contributed by atoms with Crippen LogP contribution in [0.1, 0.15) is 33.6 Å². The molecule has 4 rings (SSSR count). The molecule has 3 aromatic heterocycles. The van der Waals surface area contributed by atoms with Crippen LogP contribution in [0.4, 0.5) is 18.9 Å². The minimum atomic E-state index is -4.84. The molecule has 14 heteroatoms. The van der Waals surface area contributed by atoms with Crippen LogP contribution in [0.25, 0.3) is 16.9 Å². The Balaban J connectivity index is 1.82. The summed E-state index contributed by atoms with van der Waals surface area (Å²) in [7, 11) is 4.49. The number of nitrogens with zero attached hydrogens (tertiary/aromatic N) is 6. The number of ether oxygens (including phenoxy) is 1. The number of fused-ring (bicyclic) bond motifs is 1. The standard InChI is InChI=1S/C23H21ClF3N7O3/c1-5-33-19(22(36)32(2)3)15(11-28-33)30-21(35)18-17(24)20-29-14(12-7-6-8-13(9-12)37-4)10-16(23(25,26)27)34(20)31-18/h6-11H,5H2,1-4H3,(H,30,35). The zero-order valence-corrected chi connectivity index (χ0v) is 20.8. The molecule has 0 radical (unpaired) electrons. The summed E-state index contributed by atoms with van der Waals surface area (Å²) in [6, 6.07) is 7.13. The van der Waals surface area contributed by atoms with Crippen molar-refractivity contribution in [2.45, 2.75) is 19.6 Å². The zero-order valence-electron chi connectivity index (χ0n) is 20.1. The Morgan fingerprint density at radius 2 is 1.95 bits per heavy atom. The zero-order chi connectivity index (χ0) is 27.1. The van der Waals surface area contributed by atoms with Gasteiger partial charge in [0.15, 0.2) is 17.0 Å². The van der Waals surface area contributed by atoms with Crippen LogP contribution in [0.5, 0.6) is 5.75 Å². The number of amides is 2. The van der Waals surface area contributed by atoms with Crippen LogP contribution < -0.4 is 10.1 Å². The van der Waals surface area contributed by atoms with Crippen LogP contribution in [0, 0.1) is 0 Å². The van der Waals surface area contributed by atoms with Gasteiger partial charge in [0.05, 0.1) is 24.7 Å². The molecule has 3 heterocycles. The smallest absolute Gasteiger partial charge is 0.433 e. The highest BCUT2D eigenvalue weighted by atomic mass is 35.5. The Bertz CT molecular complexity index is 1510. The third kappa shape index (κ3) is 4.81. The van der Waals surface area contributed by atoms with Crippen molar-refractivity contribution in [3.05, 3.63) is 58.6 Å². The van der Waals surface area contributed by atoms with Crippen LogP contribution in [-0.2, 0) is 12.7 Å². The maximum atomic E-state index is 14.0. The van der Waals surface area contributed by atoms with E-state index in [2.05, 4.69) is 20.5 Å². The molecule has 1 aromatic carbocycles. The third-order valence-electron chi connectivity index (χ3n) is 5.40. The van der Waals surface area contributed by atoms with Gasteiger partial charge in [-0.25, -0.2) is 9.50 Å². The number of aromatic nitrogens is 5. The Labute approximate surface area is 213 Å². The van der Waals surface area contributed by atoms with Crippen LogP contribution in [0.2, 0.25) is 5.02 Å². The second-order valence-electron chi connectivity index (χ2n) is 8.03. The molecule has 0 saturated carbocycles. The summed E-state index contributed by atoms with van der Waals surface area (Å²) in [5, 5.41) is 9.99. The van der Waals surface area contributed by atoms with Gasteiger partial charge in [0, 0.05) is 26.2 Å². The lowest BCUT2D eigenvalue weighted by Gasteiger charge is -2.13. The third-order valence-corrected chi connectivity index (χ3v) is 5.75. The molecule has 2 amide bonds. The molecule has 10 nitrogen and oxygen atoms in total. The van der Waals surface area contributed by atoms with Crippen molar-refractivity contribution in [2.75, 3.05) is 26.5 Å². The second-order valence-corrected chi connectivity index (χ2v) is 8.41. The quantitative estimate of drug-likeness (QED) is 0.396. The van der Waals surface area contributed by atoms with E-state index in [0.717, 1.165) is 6.07 Å². The van der Waals surface area contributed by atoms with Crippen molar-refractivity contribution < 1.29 is 27.5 Å².